The van der Waals surface area contributed by atoms with Crippen molar-refractivity contribution in [3.8, 4) is 0 Å². The smallest absolute Gasteiger partial charge is 0.264 e. The Balaban J connectivity index is 1.65. The summed E-state index contributed by atoms with van der Waals surface area (Å²) in [5.41, 5.74) is 2.18. The number of hydrogen-bond acceptors (Lipinski definition) is 4. The van der Waals surface area contributed by atoms with E-state index in [0.29, 0.717) is 12.5 Å². The van der Waals surface area contributed by atoms with E-state index in [2.05, 4.69) is 36.2 Å². The molecule has 4 nitrogen and oxygen atoms in total. The number of benzene rings is 2. The summed E-state index contributed by atoms with van der Waals surface area (Å²) in [6, 6.07) is 14.4. The predicted molar refractivity (Wildman–Crippen MR) is 118 cm³/mol. The van der Waals surface area contributed by atoms with Gasteiger partial charge in [0.05, 0.1) is 5.39 Å². The Bertz CT molecular complexity index is 1270. The molecule has 0 spiro atoms. The number of nitrogens with zero attached hydrogens (tertiary/aromatic N) is 2. The zero-order valence-corrected chi connectivity index (χ0v) is 16.4. The maximum absolute atomic E-state index is 13.3. The SMILES string of the molecule is C=CCn1c(Nc2ccc3ccccc3c2)nc2sc3c(c2c1=O)CCCC3. The molecule has 2 heterocycles. The van der Waals surface area contributed by atoms with Crippen molar-refractivity contribution < 1.29 is 0 Å². The van der Waals surface area contributed by atoms with E-state index in [1.54, 1.807) is 22.0 Å². The van der Waals surface area contributed by atoms with Gasteiger partial charge in [0.1, 0.15) is 4.83 Å². The van der Waals surface area contributed by atoms with Crippen LogP contribution < -0.4 is 10.9 Å². The van der Waals surface area contributed by atoms with Gasteiger partial charge in [-0.15, -0.1) is 17.9 Å². The molecule has 0 bridgehead atoms. The van der Waals surface area contributed by atoms with Crippen LogP contribution in [-0.2, 0) is 19.4 Å². The van der Waals surface area contributed by atoms with Crippen molar-refractivity contribution in [3.05, 3.63) is 75.9 Å². The fraction of sp³-hybridized carbons (Fsp3) is 0.217. The number of fused-ring (bicyclic) bond motifs is 4. The van der Waals surface area contributed by atoms with Gasteiger partial charge in [0.2, 0.25) is 5.95 Å². The molecule has 0 amide bonds. The van der Waals surface area contributed by atoms with Gasteiger partial charge in [-0.3, -0.25) is 9.36 Å². The first-order valence-corrected chi connectivity index (χ1v) is 10.5. The number of nitrogens with one attached hydrogen (secondary N) is 1. The van der Waals surface area contributed by atoms with E-state index in [0.717, 1.165) is 40.6 Å². The van der Waals surface area contributed by atoms with E-state index < -0.39 is 0 Å². The summed E-state index contributed by atoms with van der Waals surface area (Å²) < 4.78 is 1.70. The summed E-state index contributed by atoms with van der Waals surface area (Å²) in [6.07, 6.45) is 6.14. The van der Waals surface area contributed by atoms with Crippen molar-refractivity contribution in [3.63, 3.8) is 0 Å². The van der Waals surface area contributed by atoms with E-state index in [1.807, 2.05) is 18.2 Å². The lowest BCUT2D eigenvalue weighted by molar-refractivity contribution is 0.698. The summed E-state index contributed by atoms with van der Waals surface area (Å²) in [7, 11) is 0. The van der Waals surface area contributed by atoms with Crippen LogP contribution in [0.5, 0.6) is 0 Å². The summed E-state index contributed by atoms with van der Waals surface area (Å²) in [5.74, 6) is 0.575. The van der Waals surface area contributed by atoms with Crippen molar-refractivity contribution in [2.75, 3.05) is 5.32 Å². The molecule has 1 aliphatic rings. The van der Waals surface area contributed by atoms with Gasteiger partial charge in [-0.25, -0.2) is 4.98 Å². The topological polar surface area (TPSA) is 46.9 Å². The van der Waals surface area contributed by atoms with Gasteiger partial charge in [-0.05, 0) is 54.2 Å². The van der Waals surface area contributed by atoms with Gasteiger partial charge in [0.15, 0.2) is 0 Å². The van der Waals surface area contributed by atoms with Crippen LogP contribution in [0, 0.1) is 0 Å². The van der Waals surface area contributed by atoms with E-state index in [9.17, 15) is 4.79 Å². The summed E-state index contributed by atoms with van der Waals surface area (Å²) in [4.78, 5) is 20.4. The molecule has 2 aromatic carbocycles. The zero-order valence-electron chi connectivity index (χ0n) is 15.6. The Kier molecular flexibility index (Phi) is 4.24. The van der Waals surface area contributed by atoms with Crippen molar-refractivity contribution in [2.24, 2.45) is 0 Å². The fourth-order valence-corrected chi connectivity index (χ4v) is 5.28. The molecular weight excluding hydrogens is 366 g/mol. The minimum Gasteiger partial charge on any atom is -0.325 e. The Morgan fingerprint density at radius 1 is 1.14 bits per heavy atom. The maximum atomic E-state index is 13.3. The molecule has 1 N–H and O–H groups in total. The lowest BCUT2D eigenvalue weighted by Gasteiger charge is -2.14. The van der Waals surface area contributed by atoms with Crippen LogP contribution in [0.25, 0.3) is 21.0 Å². The molecule has 0 fully saturated rings. The Hall–Kier alpha value is -2.92. The molecule has 140 valence electrons. The molecule has 0 atom stereocenters. The first kappa shape index (κ1) is 17.2. The third-order valence-corrected chi connectivity index (χ3v) is 6.58. The third kappa shape index (κ3) is 2.83. The number of thiophene rings is 1. The molecule has 5 heteroatoms. The van der Waals surface area contributed by atoms with Crippen LogP contribution >= 0.6 is 11.3 Å². The molecule has 4 aromatic rings. The summed E-state index contributed by atoms with van der Waals surface area (Å²) in [5, 5.41) is 6.52. The Morgan fingerprint density at radius 2 is 1.96 bits per heavy atom. The molecule has 1 aliphatic carbocycles. The summed E-state index contributed by atoms with van der Waals surface area (Å²) >= 11 is 1.68. The van der Waals surface area contributed by atoms with Crippen LogP contribution in [0.2, 0.25) is 0 Å². The maximum Gasteiger partial charge on any atom is 0.264 e. The predicted octanol–water partition coefficient (Wildman–Crippen LogP) is 5.42. The van der Waals surface area contributed by atoms with Crippen molar-refractivity contribution in [2.45, 2.75) is 32.2 Å². The molecule has 0 saturated heterocycles. The molecule has 28 heavy (non-hydrogen) atoms. The van der Waals surface area contributed by atoms with Gasteiger partial charge in [0, 0.05) is 17.1 Å². The first-order chi connectivity index (χ1) is 13.7. The van der Waals surface area contributed by atoms with Gasteiger partial charge in [-0.2, -0.15) is 0 Å². The quantitative estimate of drug-likeness (QED) is 0.476. The zero-order chi connectivity index (χ0) is 19.1. The van der Waals surface area contributed by atoms with E-state index in [1.165, 1.54) is 22.2 Å². The van der Waals surface area contributed by atoms with Gasteiger partial charge < -0.3 is 5.32 Å². The number of aromatic nitrogens is 2. The van der Waals surface area contributed by atoms with E-state index in [-0.39, 0.29) is 5.56 Å². The second-order valence-corrected chi connectivity index (χ2v) is 8.30. The van der Waals surface area contributed by atoms with Crippen LogP contribution in [0.15, 0.2) is 59.9 Å². The van der Waals surface area contributed by atoms with Gasteiger partial charge in [-0.1, -0.05) is 36.4 Å². The third-order valence-electron chi connectivity index (χ3n) is 5.39. The van der Waals surface area contributed by atoms with Crippen LogP contribution in [0.4, 0.5) is 11.6 Å². The number of allylic oxidation sites excluding steroid dienone is 1. The standard InChI is InChI=1S/C23H21N3OS/c1-2-13-26-22(27)20-18-9-5-6-10-19(18)28-21(20)25-23(26)24-17-12-11-15-7-3-4-8-16(15)14-17/h2-4,7-8,11-12,14H,1,5-6,9-10,13H2,(H,24,25). The second kappa shape index (κ2) is 6.91. The first-order valence-electron chi connectivity index (χ1n) is 9.66. The highest BCUT2D eigenvalue weighted by Crippen LogP contribution is 2.34. The number of rotatable bonds is 4. The molecule has 0 aliphatic heterocycles. The lowest BCUT2D eigenvalue weighted by atomic mass is 9.97. The molecular formula is C23H21N3OS. The number of anilines is 2. The highest BCUT2D eigenvalue weighted by Gasteiger charge is 2.21. The lowest BCUT2D eigenvalue weighted by Crippen LogP contribution is -2.24. The molecule has 2 aromatic heterocycles. The van der Waals surface area contributed by atoms with Gasteiger partial charge in [0.25, 0.3) is 5.56 Å². The van der Waals surface area contributed by atoms with Crippen molar-refractivity contribution >= 4 is 44.0 Å². The Labute approximate surface area is 167 Å². The van der Waals surface area contributed by atoms with Crippen LogP contribution in [-0.4, -0.2) is 9.55 Å². The highest BCUT2D eigenvalue weighted by atomic mass is 32.1. The second-order valence-electron chi connectivity index (χ2n) is 7.22. The molecule has 5 rings (SSSR count). The molecule has 0 radical (unpaired) electrons. The number of aryl methyl sites for hydroxylation is 2. The largest absolute Gasteiger partial charge is 0.325 e. The minimum atomic E-state index is 0.0348. The summed E-state index contributed by atoms with van der Waals surface area (Å²) in [6.45, 7) is 4.26. The van der Waals surface area contributed by atoms with Crippen LogP contribution in [0.3, 0.4) is 0 Å². The van der Waals surface area contributed by atoms with E-state index in [4.69, 9.17) is 4.98 Å². The highest BCUT2D eigenvalue weighted by molar-refractivity contribution is 7.18. The van der Waals surface area contributed by atoms with Crippen molar-refractivity contribution in [1.82, 2.24) is 9.55 Å². The van der Waals surface area contributed by atoms with Gasteiger partial charge >= 0.3 is 0 Å². The Morgan fingerprint density at radius 3 is 2.82 bits per heavy atom. The van der Waals surface area contributed by atoms with Crippen molar-refractivity contribution in [1.29, 1.82) is 0 Å². The minimum absolute atomic E-state index is 0.0348. The molecule has 0 unspecified atom stereocenters. The normalized spacial score (nSPS) is 13.6. The molecule has 0 saturated carbocycles. The fourth-order valence-electron chi connectivity index (χ4n) is 4.03. The average Bonchev–Trinajstić information content (AvgIpc) is 3.09. The van der Waals surface area contributed by atoms with Crippen LogP contribution in [0.1, 0.15) is 23.3 Å². The number of hydrogen-bond donors (Lipinski definition) is 1. The monoisotopic (exact) mass is 387 g/mol. The average molecular weight is 388 g/mol. The van der Waals surface area contributed by atoms with E-state index >= 15 is 0 Å².